The van der Waals surface area contributed by atoms with Crippen molar-refractivity contribution < 1.29 is 0 Å². The number of aryl methyl sites for hydroxylation is 1. The van der Waals surface area contributed by atoms with Gasteiger partial charge in [0.05, 0.1) is 5.69 Å². The average molecular weight is 286 g/mol. The van der Waals surface area contributed by atoms with Crippen LogP contribution in [0.4, 0.5) is 0 Å². The Hall–Kier alpha value is -1.19. The molecule has 1 fully saturated rings. The Morgan fingerprint density at radius 3 is 2.55 bits per heavy atom. The van der Waals surface area contributed by atoms with Gasteiger partial charge in [0.2, 0.25) is 0 Å². The second-order valence-corrected chi connectivity index (χ2v) is 6.81. The van der Waals surface area contributed by atoms with Gasteiger partial charge in [-0.1, -0.05) is 43.2 Å². The fraction of sp³-hybridized carbons (Fsp3) is 0.471. The monoisotopic (exact) mass is 286 g/mol. The second kappa shape index (κ2) is 5.66. The van der Waals surface area contributed by atoms with Gasteiger partial charge < -0.3 is 5.73 Å². The van der Waals surface area contributed by atoms with Crippen LogP contribution in [-0.4, -0.2) is 11.5 Å². The highest BCUT2D eigenvalue weighted by atomic mass is 32.1. The van der Waals surface area contributed by atoms with E-state index >= 15 is 0 Å². The minimum atomic E-state index is 0.156. The maximum Gasteiger partial charge on any atom is 0.104 e. The van der Waals surface area contributed by atoms with Crippen LogP contribution in [0.5, 0.6) is 0 Å². The molecule has 1 aromatic carbocycles. The zero-order chi connectivity index (χ0) is 14.0. The molecular weight excluding hydrogens is 264 g/mol. The molecule has 0 bridgehead atoms. The predicted octanol–water partition coefficient (Wildman–Crippen LogP) is 3.81. The van der Waals surface area contributed by atoms with Gasteiger partial charge in [-0.3, -0.25) is 0 Å². The van der Waals surface area contributed by atoms with Crippen molar-refractivity contribution in [3.63, 3.8) is 0 Å². The van der Waals surface area contributed by atoms with Gasteiger partial charge in [0.15, 0.2) is 0 Å². The molecule has 1 aromatic heterocycles. The van der Waals surface area contributed by atoms with Gasteiger partial charge in [0, 0.05) is 10.3 Å². The van der Waals surface area contributed by atoms with Gasteiger partial charge in [-0.05, 0) is 38.3 Å². The molecule has 106 valence electrons. The highest BCUT2D eigenvalue weighted by Gasteiger charge is 2.40. The van der Waals surface area contributed by atoms with E-state index in [-0.39, 0.29) is 5.41 Å². The Morgan fingerprint density at radius 1 is 1.20 bits per heavy atom. The standard InChI is InChI=1S/C17H22N2S/c1-13-15(9-12-18)20-16(19-13)17(10-5-6-11-17)14-7-3-2-4-8-14/h2-4,7-8H,5-6,9-12,18H2,1H3. The maximum absolute atomic E-state index is 5.72. The molecule has 3 rings (SSSR count). The predicted molar refractivity (Wildman–Crippen MR) is 85.3 cm³/mol. The normalized spacial score (nSPS) is 17.5. The summed E-state index contributed by atoms with van der Waals surface area (Å²) in [7, 11) is 0. The lowest BCUT2D eigenvalue weighted by Crippen LogP contribution is -2.23. The smallest absolute Gasteiger partial charge is 0.104 e. The first-order chi connectivity index (χ1) is 9.76. The number of thiazole rings is 1. The van der Waals surface area contributed by atoms with E-state index < -0.39 is 0 Å². The third-order valence-corrected chi connectivity index (χ3v) is 5.88. The number of benzene rings is 1. The van der Waals surface area contributed by atoms with Crippen molar-refractivity contribution in [1.82, 2.24) is 4.98 Å². The van der Waals surface area contributed by atoms with Crippen LogP contribution in [-0.2, 0) is 11.8 Å². The summed E-state index contributed by atoms with van der Waals surface area (Å²) in [6.07, 6.45) is 6.02. The highest BCUT2D eigenvalue weighted by molar-refractivity contribution is 7.12. The fourth-order valence-corrected chi connectivity index (χ4v) is 4.70. The van der Waals surface area contributed by atoms with Gasteiger partial charge >= 0.3 is 0 Å². The highest BCUT2D eigenvalue weighted by Crippen LogP contribution is 2.48. The quantitative estimate of drug-likeness (QED) is 0.928. The third kappa shape index (κ3) is 2.29. The van der Waals surface area contributed by atoms with E-state index in [1.54, 1.807) is 0 Å². The molecule has 1 aliphatic rings. The number of hydrogen-bond acceptors (Lipinski definition) is 3. The summed E-state index contributed by atoms with van der Waals surface area (Å²) in [6, 6.07) is 10.9. The van der Waals surface area contributed by atoms with Crippen LogP contribution < -0.4 is 5.73 Å². The first kappa shape index (κ1) is 13.8. The Bertz CT molecular complexity index is 568. The van der Waals surface area contributed by atoms with Crippen LogP contribution in [0.3, 0.4) is 0 Å². The lowest BCUT2D eigenvalue weighted by atomic mass is 9.79. The third-order valence-electron chi connectivity index (χ3n) is 4.46. The zero-order valence-electron chi connectivity index (χ0n) is 12.1. The van der Waals surface area contributed by atoms with E-state index in [9.17, 15) is 0 Å². The zero-order valence-corrected chi connectivity index (χ0v) is 12.9. The largest absolute Gasteiger partial charge is 0.330 e. The van der Waals surface area contributed by atoms with Crippen LogP contribution in [0.2, 0.25) is 0 Å². The van der Waals surface area contributed by atoms with Crippen LogP contribution in [0.25, 0.3) is 0 Å². The first-order valence-corrected chi connectivity index (χ1v) is 8.30. The molecular formula is C17H22N2S. The van der Waals surface area contributed by atoms with Crippen LogP contribution in [0, 0.1) is 6.92 Å². The maximum atomic E-state index is 5.72. The number of nitrogens with two attached hydrogens (primary N) is 1. The summed E-state index contributed by atoms with van der Waals surface area (Å²) >= 11 is 1.88. The van der Waals surface area contributed by atoms with Crippen molar-refractivity contribution in [3.05, 3.63) is 51.5 Å². The fourth-order valence-electron chi connectivity index (χ4n) is 3.36. The van der Waals surface area contributed by atoms with E-state index in [0.717, 1.165) is 6.42 Å². The van der Waals surface area contributed by atoms with Crippen molar-refractivity contribution in [2.75, 3.05) is 6.54 Å². The number of nitrogens with zero attached hydrogens (tertiary/aromatic N) is 1. The molecule has 0 spiro atoms. The topological polar surface area (TPSA) is 38.9 Å². The van der Waals surface area contributed by atoms with Crippen molar-refractivity contribution in [3.8, 4) is 0 Å². The summed E-state index contributed by atoms with van der Waals surface area (Å²) in [5, 5.41) is 1.31. The van der Waals surface area contributed by atoms with E-state index in [4.69, 9.17) is 10.7 Å². The Morgan fingerprint density at radius 2 is 1.90 bits per heavy atom. The molecule has 1 aliphatic carbocycles. The molecule has 2 nitrogen and oxygen atoms in total. The molecule has 0 atom stereocenters. The van der Waals surface area contributed by atoms with Gasteiger partial charge in [0.25, 0.3) is 0 Å². The number of hydrogen-bond donors (Lipinski definition) is 1. The van der Waals surface area contributed by atoms with E-state index in [1.165, 1.54) is 46.8 Å². The van der Waals surface area contributed by atoms with Crippen LogP contribution in [0.15, 0.2) is 30.3 Å². The molecule has 0 unspecified atom stereocenters. The summed E-state index contributed by atoms with van der Waals surface area (Å²) in [6.45, 7) is 2.83. The van der Waals surface area contributed by atoms with Crippen molar-refractivity contribution in [2.45, 2.75) is 44.4 Å². The Balaban J connectivity index is 2.05. The summed E-state index contributed by atoms with van der Waals surface area (Å²) < 4.78 is 0. The molecule has 1 saturated carbocycles. The second-order valence-electron chi connectivity index (χ2n) is 5.72. The molecule has 2 aromatic rings. The van der Waals surface area contributed by atoms with Gasteiger partial charge in [0.1, 0.15) is 5.01 Å². The molecule has 0 aliphatic heterocycles. The summed E-state index contributed by atoms with van der Waals surface area (Å²) in [5.41, 5.74) is 8.49. The molecule has 3 heteroatoms. The molecule has 2 N–H and O–H groups in total. The van der Waals surface area contributed by atoms with Crippen molar-refractivity contribution >= 4 is 11.3 Å². The van der Waals surface area contributed by atoms with Gasteiger partial charge in [-0.25, -0.2) is 4.98 Å². The molecule has 20 heavy (non-hydrogen) atoms. The van der Waals surface area contributed by atoms with Crippen molar-refractivity contribution in [2.24, 2.45) is 5.73 Å². The minimum absolute atomic E-state index is 0.156. The first-order valence-electron chi connectivity index (χ1n) is 7.49. The lowest BCUT2D eigenvalue weighted by Gasteiger charge is -2.27. The van der Waals surface area contributed by atoms with Crippen LogP contribution in [0.1, 0.15) is 46.8 Å². The Labute approximate surface area is 125 Å². The molecule has 0 radical (unpaired) electrons. The van der Waals surface area contributed by atoms with Gasteiger partial charge in [-0.2, -0.15) is 0 Å². The summed E-state index contributed by atoms with van der Waals surface area (Å²) in [4.78, 5) is 6.29. The van der Waals surface area contributed by atoms with Crippen LogP contribution >= 0.6 is 11.3 Å². The molecule has 1 heterocycles. The number of aromatic nitrogens is 1. The average Bonchev–Trinajstić information content (AvgIpc) is 3.09. The van der Waals surface area contributed by atoms with E-state index in [2.05, 4.69) is 37.3 Å². The number of rotatable bonds is 4. The SMILES string of the molecule is Cc1nc(C2(c3ccccc3)CCCC2)sc1CCN. The van der Waals surface area contributed by atoms with Gasteiger partial charge in [-0.15, -0.1) is 11.3 Å². The Kier molecular flexibility index (Phi) is 3.90. The molecule has 0 saturated heterocycles. The minimum Gasteiger partial charge on any atom is -0.330 e. The molecule has 0 amide bonds. The van der Waals surface area contributed by atoms with E-state index in [1.807, 2.05) is 11.3 Å². The summed E-state index contributed by atoms with van der Waals surface area (Å²) in [5.74, 6) is 0. The lowest BCUT2D eigenvalue weighted by molar-refractivity contribution is 0.531. The van der Waals surface area contributed by atoms with E-state index in [0.29, 0.717) is 6.54 Å². The van der Waals surface area contributed by atoms with Crippen molar-refractivity contribution in [1.29, 1.82) is 0 Å².